The fourth-order valence-electron chi connectivity index (χ4n) is 0.744. The molecular formula is C8H13ClN2. The molecule has 0 aromatic carbocycles. The van der Waals surface area contributed by atoms with E-state index in [1.165, 1.54) is 0 Å². The summed E-state index contributed by atoms with van der Waals surface area (Å²) in [6.07, 6.45) is 2.27. The number of nitrogens with two attached hydrogens (primary N) is 1. The molecule has 2 nitrogen and oxygen atoms in total. The average molecular weight is 173 g/mol. The second-order valence-corrected chi connectivity index (χ2v) is 2.70. The number of halogens is 1. The van der Waals surface area contributed by atoms with E-state index < -0.39 is 0 Å². The van der Waals surface area contributed by atoms with Crippen molar-refractivity contribution in [3.8, 4) is 6.07 Å². The highest BCUT2D eigenvalue weighted by atomic mass is 35.5. The van der Waals surface area contributed by atoms with Crippen molar-refractivity contribution in [2.75, 3.05) is 6.54 Å². The molecule has 0 aromatic rings. The lowest BCUT2D eigenvalue weighted by atomic mass is 10.1. The summed E-state index contributed by atoms with van der Waals surface area (Å²) < 4.78 is 0. The van der Waals surface area contributed by atoms with E-state index in [0.717, 1.165) is 12.8 Å². The first kappa shape index (κ1) is 10.5. The lowest BCUT2D eigenvalue weighted by molar-refractivity contribution is 0.831. The smallest absolute Gasteiger partial charge is 0.0959 e. The molecule has 0 saturated heterocycles. The van der Waals surface area contributed by atoms with E-state index in [0.29, 0.717) is 23.6 Å². The first-order valence-corrected chi connectivity index (χ1v) is 4.11. The van der Waals surface area contributed by atoms with Crippen LogP contribution in [-0.2, 0) is 0 Å². The summed E-state index contributed by atoms with van der Waals surface area (Å²) in [5.74, 6) is 0. The molecule has 0 heterocycles. The lowest BCUT2D eigenvalue weighted by Gasteiger charge is -1.98. The molecule has 0 aromatic heterocycles. The van der Waals surface area contributed by atoms with Crippen LogP contribution < -0.4 is 5.73 Å². The Morgan fingerprint density at radius 3 is 2.64 bits per heavy atom. The summed E-state index contributed by atoms with van der Waals surface area (Å²) in [7, 11) is 0. The largest absolute Gasteiger partial charge is 0.330 e. The maximum atomic E-state index is 8.62. The van der Waals surface area contributed by atoms with Crippen LogP contribution in [0, 0.1) is 11.3 Å². The molecule has 0 fully saturated rings. The fraction of sp³-hybridized carbons (Fsp3) is 0.625. The van der Waals surface area contributed by atoms with Gasteiger partial charge in [0.25, 0.3) is 0 Å². The number of nitriles is 1. The molecule has 3 heteroatoms. The summed E-state index contributed by atoms with van der Waals surface area (Å²) in [6, 6.07) is 2.08. The molecular weight excluding hydrogens is 160 g/mol. The van der Waals surface area contributed by atoms with E-state index in [9.17, 15) is 0 Å². The van der Waals surface area contributed by atoms with Gasteiger partial charge in [-0.15, -0.1) is 0 Å². The third kappa shape index (κ3) is 4.02. The zero-order valence-corrected chi connectivity index (χ0v) is 7.49. The van der Waals surface area contributed by atoms with Gasteiger partial charge in [0, 0.05) is 10.6 Å². The standard InChI is InChI=1S/C8H13ClN2/c1-2-8(9)7(6-11)4-3-5-10/h2-5,10H2,1H3. The van der Waals surface area contributed by atoms with E-state index >= 15 is 0 Å². The minimum atomic E-state index is 0.610. The van der Waals surface area contributed by atoms with Gasteiger partial charge >= 0.3 is 0 Å². The van der Waals surface area contributed by atoms with Gasteiger partial charge < -0.3 is 5.73 Å². The van der Waals surface area contributed by atoms with Crippen LogP contribution in [0.15, 0.2) is 10.6 Å². The predicted octanol–water partition coefficient (Wildman–Crippen LogP) is 2.15. The second-order valence-electron chi connectivity index (χ2n) is 2.24. The van der Waals surface area contributed by atoms with Gasteiger partial charge in [-0.1, -0.05) is 18.5 Å². The Hall–Kier alpha value is -0.520. The van der Waals surface area contributed by atoms with Crippen molar-refractivity contribution in [3.63, 3.8) is 0 Å². The number of nitrogens with zero attached hydrogens (tertiary/aromatic N) is 1. The van der Waals surface area contributed by atoms with Crippen molar-refractivity contribution in [1.29, 1.82) is 5.26 Å². The van der Waals surface area contributed by atoms with Gasteiger partial charge in [0.15, 0.2) is 0 Å². The molecule has 0 unspecified atom stereocenters. The zero-order valence-electron chi connectivity index (χ0n) is 6.73. The van der Waals surface area contributed by atoms with Crippen LogP contribution in [0.25, 0.3) is 0 Å². The normalized spacial score (nSPS) is 12.2. The SMILES string of the molecule is CCC(Cl)=C(C#N)CCCN. The Kier molecular flexibility index (Phi) is 5.91. The fourth-order valence-corrected chi connectivity index (χ4v) is 0.881. The molecule has 0 rings (SSSR count). The van der Waals surface area contributed by atoms with Crippen LogP contribution in [0.4, 0.5) is 0 Å². The Morgan fingerprint density at radius 2 is 2.27 bits per heavy atom. The molecule has 0 radical (unpaired) electrons. The van der Waals surface area contributed by atoms with Crippen molar-refractivity contribution in [3.05, 3.63) is 10.6 Å². The maximum Gasteiger partial charge on any atom is 0.0959 e. The summed E-state index contributed by atoms with van der Waals surface area (Å²) in [4.78, 5) is 0. The van der Waals surface area contributed by atoms with Crippen LogP contribution in [0.1, 0.15) is 26.2 Å². The Labute approximate surface area is 72.6 Å². The minimum absolute atomic E-state index is 0.610. The van der Waals surface area contributed by atoms with Gasteiger partial charge in [-0.2, -0.15) is 5.26 Å². The van der Waals surface area contributed by atoms with Gasteiger partial charge in [0.1, 0.15) is 0 Å². The highest BCUT2D eigenvalue weighted by Gasteiger charge is 2.00. The number of rotatable bonds is 4. The molecule has 0 spiro atoms. The molecule has 0 amide bonds. The number of hydrogen-bond donors (Lipinski definition) is 1. The number of hydrogen-bond acceptors (Lipinski definition) is 2. The summed E-state index contributed by atoms with van der Waals surface area (Å²) >= 11 is 5.78. The van der Waals surface area contributed by atoms with E-state index in [-0.39, 0.29) is 0 Å². The lowest BCUT2D eigenvalue weighted by Crippen LogP contribution is -1.98. The Bertz CT molecular complexity index is 179. The quantitative estimate of drug-likeness (QED) is 0.661. The van der Waals surface area contributed by atoms with E-state index in [1.807, 2.05) is 6.92 Å². The predicted molar refractivity (Wildman–Crippen MR) is 47.1 cm³/mol. The van der Waals surface area contributed by atoms with Crippen molar-refractivity contribution < 1.29 is 0 Å². The highest BCUT2D eigenvalue weighted by molar-refractivity contribution is 6.30. The Balaban J connectivity index is 4.07. The van der Waals surface area contributed by atoms with Crippen LogP contribution in [0.2, 0.25) is 0 Å². The molecule has 2 N–H and O–H groups in total. The molecule has 0 aliphatic heterocycles. The molecule has 0 atom stereocenters. The average Bonchev–Trinajstić information content (AvgIpc) is 2.05. The van der Waals surface area contributed by atoms with Gasteiger partial charge in [-0.05, 0) is 25.8 Å². The van der Waals surface area contributed by atoms with Gasteiger partial charge in [-0.3, -0.25) is 0 Å². The third-order valence-electron chi connectivity index (χ3n) is 1.40. The van der Waals surface area contributed by atoms with Crippen LogP contribution >= 0.6 is 11.6 Å². The summed E-state index contributed by atoms with van der Waals surface area (Å²) in [5.41, 5.74) is 5.98. The van der Waals surface area contributed by atoms with E-state index in [4.69, 9.17) is 22.6 Å². The van der Waals surface area contributed by atoms with Gasteiger partial charge in [0.2, 0.25) is 0 Å². The van der Waals surface area contributed by atoms with E-state index in [1.54, 1.807) is 0 Å². The highest BCUT2D eigenvalue weighted by Crippen LogP contribution is 2.16. The molecule has 0 saturated carbocycles. The van der Waals surface area contributed by atoms with Crippen LogP contribution in [-0.4, -0.2) is 6.54 Å². The zero-order chi connectivity index (χ0) is 8.69. The number of allylic oxidation sites excluding steroid dienone is 2. The topological polar surface area (TPSA) is 49.8 Å². The first-order chi connectivity index (χ1) is 5.26. The molecule has 0 aliphatic rings. The van der Waals surface area contributed by atoms with Crippen LogP contribution in [0.5, 0.6) is 0 Å². The first-order valence-electron chi connectivity index (χ1n) is 3.74. The van der Waals surface area contributed by atoms with Crippen molar-refractivity contribution in [2.24, 2.45) is 5.73 Å². The van der Waals surface area contributed by atoms with Gasteiger partial charge in [0.05, 0.1) is 6.07 Å². The monoisotopic (exact) mass is 172 g/mol. The van der Waals surface area contributed by atoms with Crippen LogP contribution in [0.3, 0.4) is 0 Å². The summed E-state index contributed by atoms with van der Waals surface area (Å²) in [5, 5.41) is 9.29. The molecule has 62 valence electrons. The van der Waals surface area contributed by atoms with Crippen molar-refractivity contribution in [2.45, 2.75) is 26.2 Å². The minimum Gasteiger partial charge on any atom is -0.330 e. The molecule has 0 aliphatic carbocycles. The Morgan fingerprint density at radius 1 is 1.64 bits per heavy atom. The van der Waals surface area contributed by atoms with E-state index in [2.05, 4.69) is 6.07 Å². The molecule has 0 bridgehead atoms. The molecule has 11 heavy (non-hydrogen) atoms. The second kappa shape index (κ2) is 6.21. The van der Waals surface area contributed by atoms with Crippen molar-refractivity contribution in [1.82, 2.24) is 0 Å². The van der Waals surface area contributed by atoms with Gasteiger partial charge in [-0.25, -0.2) is 0 Å². The third-order valence-corrected chi connectivity index (χ3v) is 1.90. The van der Waals surface area contributed by atoms with Crippen molar-refractivity contribution >= 4 is 11.6 Å². The maximum absolute atomic E-state index is 8.62. The summed E-state index contributed by atoms with van der Waals surface area (Å²) in [6.45, 7) is 2.54.